The molecule has 214 valence electrons. The number of hydrogen-bond donors (Lipinski definition) is 2. The maximum atomic E-state index is 13.2. The van der Waals surface area contributed by atoms with Crippen LogP contribution in [0.1, 0.15) is 41.0 Å². The van der Waals surface area contributed by atoms with Crippen LogP contribution in [0.3, 0.4) is 0 Å². The minimum absolute atomic E-state index is 0.0666. The number of aromatic nitrogens is 2. The second kappa shape index (κ2) is 13.0. The lowest BCUT2D eigenvalue weighted by Crippen LogP contribution is -2.46. The van der Waals surface area contributed by atoms with Crippen LogP contribution in [-0.4, -0.2) is 67.4 Å². The van der Waals surface area contributed by atoms with E-state index in [0.29, 0.717) is 42.5 Å². The summed E-state index contributed by atoms with van der Waals surface area (Å²) in [6, 6.07) is 11.3. The Balaban J connectivity index is 0.000000283. The maximum Gasteiger partial charge on any atom is 0.294 e. The number of benzene rings is 1. The zero-order chi connectivity index (χ0) is 28.9. The molecule has 0 spiro atoms. The molecule has 5 rings (SSSR count). The number of ether oxygens (including phenoxy) is 2. The van der Waals surface area contributed by atoms with Gasteiger partial charge in [0.25, 0.3) is 16.0 Å². The standard InChI is InChI=1S/C21H25ClN4O3.C7H8O3S/c1-13-11-26(12-14(2)29-13)20-9-17(16-5-7-28-8-6-18(16)24-20)21(27)25-19-4-3-15(22)10-23-19;1-6-2-4-7(5-3-6)11(8,9)10/h3-4,9-10,13-14H,5-8,11-12H2,1-2H3,(H,23,25,27);2-5H,1H3,(H,8,9,10)/t13-,14+;. The zero-order valence-corrected chi connectivity index (χ0v) is 24.2. The fourth-order valence-electron chi connectivity index (χ4n) is 4.61. The number of halogens is 1. The highest BCUT2D eigenvalue weighted by molar-refractivity contribution is 7.85. The number of anilines is 2. The van der Waals surface area contributed by atoms with E-state index < -0.39 is 10.1 Å². The highest BCUT2D eigenvalue weighted by Crippen LogP contribution is 2.26. The fourth-order valence-corrected chi connectivity index (χ4v) is 5.21. The molecule has 0 radical (unpaired) electrons. The van der Waals surface area contributed by atoms with Crippen molar-refractivity contribution in [3.8, 4) is 0 Å². The van der Waals surface area contributed by atoms with Gasteiger partial charge >= 0.3 is 0 Å². The molecule has 12 heteroatoms. The third-order valence-electron chi connectivity index (χ3n) is 6.45. The lowest BCUT2D eigenvalue weighted by molar-refractivity contribution is -0.00547. The second-order valence-electron chi connectivity index (χ2n) is 9.83. The van der Waals surface area contributed by atoms with Crippen molar-refractivity contribution in [1.82, 2.24) is 9.97 Å². The summed E-state index contributed by atoms with van der Waals surface area (Å²) in [7, 11) is -4.02. The van der Waals surface area contributed by atoms with Crippen molar-refractivity contribution in [2.24, 2.45) is 0 Å². The summed E-state index contributed by atoms with van der Waals surface area (Å²) < 4.78 is 41.0. The number of rotatable bonds is 4. The Morgan fingerprint density at radius 2 is 1.75 bits per heavy atom. The average molecular weight is 589 g/mol. The number of nitrogens with one attached hydrogen (secondary N) is 1. The van der Waals surface area contributed by atoms with Gasteiger partial charge in [-0.3, -0.25) is 9.35 Å². The summed E-state index contributed by atoms with van der Waals surface area (Å²) in [5.41, 5.74) is 3.46. The maximum absolute atomic E-state index is 13.2. The van der Waals surface area contributed by atoms with Crippen LogP contribution in [0.2, 0.25) is 5.02 Å². The summed E-state index contributed by atoms with van der Waals surface area (Å²) in [5.74, 6) is 1.07. The minimum atomic E-state index is -4.02. The van der Waals surface area contributed by atoms with Crippen LogP contribution in [0.5, 0.6) is 0 Å². The summed E-state index contributed by atoms with van der Waals surface area (Å²) in [4.78, 5) is 24.4. The van der Waals surface area contributed by atoms with E-state index >= 15 is 0 Å². The van der Waals surface area contributed by atoms with Gasteiger partial charge in [0.2, 0.25) is 0 Å². The van der Waals surface area contributed by atoms with Gasteiger partial charge in [0, 0.05) is 37.0 Å². The largest absolute Gasteiger partial charge is 0.381 e. The van der Waals surface area contributed by atoms with Crippen LogP contribution in [0.25, 0.3) is 0 Å². The fraction of sp³-hybridized carbons (Fsp3) is 0.393. The van der Waals surface area contributed by atoms with E-state index in [1.54, 1.807) is 24.3 Å². The van der Waals surface area contributed by atoms with Crippen LogP contribution in [0, 0.1) is 6.92 Å². The molecule has 2 aliphatic rings. The molecule has 40 heavy (non-hydrogen) atoms. The van der Waals surface area contributed by atoms with E-state index in [0.717, 1.165) is 35.7 Å². The number of pyridine rings is 2. The Bertz CT molecular complexity index is 1420. The Hall–Kier alpha value is -3.09. The zero-order valence-electron chi connectivity index (χ0n) is 22.6. The van der Waals surface area contributed by atoms with Crippen molar-refractivity contribution in [2.45, 2.75) is 50.7 Å². The molecule has 1 saturated heterocycles. The molecule has 2 aromatic heterocycles. The van der Waals surface area contributed by atoms with Crippen LogP contribution in [0.4, 0.5) is 11.6 Å². The Morgan fingerprint density at radius 1 is 1.07 bits per heavy atom. The SMILES string of the molecule is C[C@@H]1CN(c2cc(C(=O)Nc3ccc(Cl)cn3)c3c(n2)CCOCC3)C[C@H](C)O1.Cc1ccc(S(=O)(=O)O)cc1. The number of nitrogens with zero attached hydrogens (tertiary/aromatic N) is 3. The first-order valence-corrected chi connectivity index (χ1v) is 14.8. The van der Waals surface area contributed by atoms with E-state index in [-0.39, 0.29) is 23.0 Å². The van der Waals surface area contributed by atoms with Gasteiger partial charge in [-0.05, 0) is 63.1 Å². The molecule has 4 heterocycles. The Labute approximate surface area is 239 Å². The summed E-state index contributed by atoms with van der Waals surface area (Å²) in [5, 5.41) is 3.41. The third kappa shape index (κ3) is 7.98. The topological polar surface area (TPSA) is 131 Å². The van der Waals surface area contributed by atoms with Crippen molar-refractivity contribution < 1.29 is 27.2 Å². The normalized spacial score (nSPS) is 19.1. The van der Waals surface area contributed by atoms with Gasteiger partial charge in [-0.25, -0.2) is 9.97 Å². The van der Waals surface area contributed by atoms with E-state index in [1.165, 1.54) is 18.3 Å². The summed E-state index contributed by atoms with van der Waals surface area (Å²) >= 11 is 5.90. The van der Waals surface area contributed by atoms with E-state index in [9.17, 15) is 13.2 Å². The molecule has 1 aromatic carbocycles. The third-order valence-corrected chi connectivity index (χ3v) is 7.54. The number of morpholine rings is 1. The first kappa shape index (κ1) is 29.9. The molecular formula is C28H33ClN4O6S. The molecule has 1 fully saturated rings. The Kier molecular flexibility index (Phi) is 9.75. The minimum Gasteiger partial charge on any atom is -0.381 e. The van der Waals surface area contributed by atoms with Crippen molar-refractivity contribution in [2.75, 3.05) is 36.5 Å². The molecule has 2 N–H and O–H groups in total. The van der Waals surface area contributed by atoms with Gasteiger partial charge in [0.15, 0.2) is 0 Å². The van der Waals surface area contributed by atoms with Gasteiger partial charge < -0.3 is 19.7 Å². The first-order chi connectivity index (χ1) is 19.0. The predicted octanol–water partition coefficient (Wildman–Crippen LogP) is 4.35. The van der Waals surface area contributed by atoms with Gasteiger partial charge in [-0.2, -0.15) is 8.42 Å². The van der Waals surface area contributed by atoms with E-state index in [1.807, 2.05) is 13.0 Å². The van der Waals surface area contributed by atoms with Crippen molar-refractivity contribution >= 4 is 39.3 Å². The van der Waals surface area contributed by atoms with Gasteiger partial charge in [-0.15, -0.1) is 0 Å². The Morgan fingerprint density at radius 3 is 2.38 bits per heavy atom. The van der Waals surface area contributed by atoms with E-state index in [2.05, 4.69) is 29.0 Å². The molecule has 0 aliphatic carbocycles. The second-order valence-corrected chi connectivity index (χ2v) is 11.7. The van der Waals surface area contributed by atoms with Crippen molar-refractivity contribution in [3.05, 3.63) is 76.1 Å². The molecule has 2 atom stereocenters. The predicted molar refractivity (Wildman–Crippen MR) is 153 cm³/mol. The monoisotopic (exact) mass is 588 g/mol. The molecule has 10 nitrogen and oxygen atoms in total. The molecule has 0 unspecified atom stereocenters. The molecular weight excluding hydrogens is 556 g/mol. The van der Waals surface area contributed by atoms with Crippen LogP contribution >= 0.6 is 11.6 Å². The molecule has 3 aromatic rings. The molecule has 0 saturated carbocycles. The quantitative estimate of drug-likeness (QED) is 0.427. The van der Waals surface area contributed by atoms with Crippen molar-refractivity contribution in [1.29, 1.82) is 0 Å². The molecule has 2 aliphatic heterocycles. The smallest absolute Gasteiger partial charge is 0.294 e. The van der Waals surface area contributed by atoms with Crippen LogP contribution in [-0.2, 0) is 32.4 Å². The summed E-state index contributed by atoms with van der Waals surface area (Å²) in [6.07, 6.45) is 3.09. The van der Waals surface area contributed by atoms with Crippen molar-refractivity contribution in [3.63, 3.8) is 0 Å². The molecule has 1 amide bonds. The van der Waals surface area contributed by atoms with Gasteiger partial charge in [0.1, 0.15) is 11.6 Å². The number of amides is 1. The highest BCUT2D eigenvalue weighted by atomic mass is 35.5. The number of carbonyl (C=O) groups is 1. The molecule has 0 bridgehead atoms. The summed E-state index contributed by atoms with van der Waals surface area (Å²) in [6.45, 7) is 8.63. The van der Waals surface area contributed by atoms with Gasteiger partial charge in [0.05, 0.1) is 35.3 Å². The first-order valence-electron chi connectivity index (χ1n) is 13.0. The number of aryl methyl sites for hydroxylation is 1. The number of hydrogen-bond acceptors (Lipinski definition) is 8. The lowest BCUT2D eigenvalue weighted by atomic mass is 10.0. The average Bonchev–Trinajstić information content (AvgIpc) is 3.14. The number of carbonyl (C=O) groups excluding carboxylic acids is 1. The number of fused-ring (bicyclic) bond motifs is 1. The van der Waals surface area contributed by atoms with E-state index in [4.69, 9.17) is 30.6 Å². The van der Waals surface area contributed by atoms with Crippen LogP contribution in [0.15, 0.2) is 53.6 Å². The van der Waals surface area contributed by atoms with Crippen LogP contribution < -0.4 is 10.2 Å². The lowest BCUT2D eigenvalue weighted by Gasteiger charge is -2.36. The van der Waals surface area contributed by atoms with Gasteiger partial charge in [-0.1, -0.05) is 29.3 Å². The highest BCUT2D eigenvalue weighted by Gasteiger charge is 2.27.